The second-order valence-corrected chi connectivity index (χ2v) is 6.44. The largest absolute Gasteiger partial charge is 0.416 e. The van der Waals surface area contributed by atoms with Crippen molar-refractivity contribution >= 4 is 23.3 Å². The molecule has 2 heterocycles. The summed E-state index contributed by atoms with van der Waals surface area (Å²) in [5.41, 5.74) is -2.18. The molecule has 0 saturated carbocycles. The van der Waals surface area contributed by atoms with Gasteiger partial charge in [0.15, 0.2) is 5.82 Å². The van der Waals surface area contributed by atoms with Gasteiger partial charge in [0.05, 0.1) is 5.56 Å². The highest BCUT2D eigenvalue weighted by molar-refractivity contribution is 6.07. The third kappa shape index (κ3) is 4.74. The van der Waals surface area contributed by atoms with Crippen molar-refractivity contribution in [3.63, 3.8) is 0 Å². The number of carbonyl (C=O) groups excluding carboxylic acids is 2. The Morgan fingerprint density at radius 1 is 0.933 bits per heavy atom. The fourth-order valence-corrected chi connectivity index (χ4v) is 2.56. The molecule has 0 fully saturated rings. The van der Waals surface area contributed by atoms with Crippen molar-refractivity contribution in [3.8, 4) is 0 Å². The molecule has 1 aromatic carbocycles. The van der Waals surface area contributed by atoms with E-state index >= 15 is 0 Å². The number of rotatable bonds is 4. The van der Waals surface area contributed by atoms with Gasteiger partial charge in [-0.1, -0.05) is 0 Å². The number of pyridine rings is 1. The molecule has 156 valence electrons. The molecule has 0 saturated heterocycles. The average molecular weight is 419 g/mol. The average Bonchev–Trinajstić information content (AvgIpc) is 3.07. The molecule has 0 atom stereocenters. The van der Waals surface area contributed by atoms with E-state index in [2.05, 4.69) is 15.7 Å². The number of nitrogens with one attached hydrogen (secondary N) is 2. The van der Waals surface area contributed by atoms with Crippen LogP contribution in [0.15, 0.2) is 53.6 Å². The minimum Gasteiger partial charge on any atom is -0.322 e. The van der Waals surface area contributed by atoms with Crippen LogP contribution >= 0.6 is 0 Å². The van der Waals surface area contributed by atoms with E-state index in [1.165, 1.54) is 34.6 Å². The molecule has 8 nitrogen and oxygen atoms in total. The maximum absolute atomic E-state index is 13.3. The summed E-state index contributed by atoms with van der Waals surface area (Å²) in [5.74, 6) is -1.46. The molecule has 0 unspecified atom stereocenters. The molecular formula is C19H16F3N5O3. The molecule has 0 aliphatic carbocycles. The van der Waals surface area contributed by atoms with Gasteiger partial charge >= 0.3 is 6.18 Å². The van der Waals surface area contributed by atoms with Gasteiger partial charge in [0.25, 0.3) is 17.4 Å². The van der Waals surface area contributed by atoms with E-state index in [-0.39, 0.29) is 22.6 Å². The van der Waals surface area contributed by atoms with Crippen LogP contribution in [0.2, 0.25) is 0 Å². The molecule has 11 heteroatoms. The minimum absolute atomic E-state index is 0.0324. The zero-order chi connectivity index (χ0) is 22.1. The zero-order valence-corrected chi connectivity index (χ0v) is 15.8. The normalized spacial score (nSPS) is 11.2. The zero-order valence-electron chi connectivity index (χ0n) is 15.8. The van der Waals surface area contributed by atoms with Crippen molar-refractivity contribution in [2.45, 2.75) is 6.18 Å². The fourth-order valence-electron chi connectivity index (χ4n) is 2.56. The van der Waals surface area contributed by atoms with Crippen LogP contribution in [0.4, 0.5) is 24.7 Å². The molecule has 2 aromatic heterocycles. The van der Waals surface area contributed by atoms with Gasteiger partial charge in [0.2, 0.25) is 0 Å². The number of carbonyl (C=O) groups is 2. The van der Waals surface area contributed by atoms with Crippen LogP contribution in [0.25, 0.3) is 0 Å². The standard InChI is InChI=1S/C19H16F3N5O3/c1-26-5-3-11(9-16(26)28)17(29)23-14-8-12(7-13(10-14)19(20,21)22)18(30)24-15-4-6-27(2)25-15/h3-10H,1-2H3,(H,23,29)(H,24,25,30). The predicted octanol–water partition coefficient (Wildman–Crippen LogP) is 2.64. The van der Waals surface area contributed by atoms with Crippen LogP contribution in [-0.2, 0) is 20.3 Å². The van der Waals surface area contributed by atoms with Gasteiger partial charge in [-0.15, -0.1) is 0 Å². The van der Waals surface area contributed by atoms with Crippen molar-refractivity contribution in [2.24, 2.45) is 14.1 Å². The van der Waals surface area contributed by atoms with E-state index in [9.17, 15) is 27.6 Å². The highest BCUT2D eigenvalue weighted by Crippen LogP contribution is 2.32. The summed E-state index contributed by atoms with van der Waals surface area (Å²) in [7, 11) is 3.10. The SMILES string of the molecule is Cn1ccc(NC(=O)c2cc(NC(=O)c3ccn(C)c(=O)c3)cc(C(F)(F)F)c2)n1. The van der Waals surface area contributed by atoms with Gasteiger partial charge in [0.1, 0.15) is 0 Å². The molecule has 0 bridgehead atoms. The van der Waals surface area contributed by atoms with Gasteiger partial charge < -0.3 is 15.2 Å². The maximum Gasteiger partial charge on any atom is 0.416 e. The first-order valence-electron chi connectivity index (χ1n) is 8.54. The van der Waals surface area contributed by atoms with Crippen LogP contribution in [-0.4, -0.2) is 26.2 Å². The summed E-state index contributed by atoms with van der Waals surface area (Å²) in [6, 6.07) is 6.36. The molecular weight excluding hydrogens is 403 g/mol. The Balaban J connectivity index is 1.92. The quantitative estimate of drug-likeness (QED) is 0.679. The third-order valence-electron chi connectivity index (χ3n) is 4.10. The number of hydrogen-bond donors (Lipinski definition) is 2. The Labute approximate surface area is 167 Å². The summed E-state index contributed by atoms with van der Waals surface area (Å²) in [4.78, 5) is 36.4. The van der Waals surface area contributed by atoms with Gasteiger partial charge in [-0.2, -0.15) is 18.3 Å². The number of amides is 2. The molecule has 3 aromatic rings. The lowest BCUT2D eigenvalue weighted by molar-refractivity contribution is -0.137. The Kier molecular flexibility index (Phi) is 5.45. The number of hydrogen-bond acceptors (Lipinski definition) is 4. The first kappa shape index (κ1) is 20.8. The molecule has 30 heavy (non-hydrogen) atoms. The first-order chi connectivity index (χ1) is 14.0. The second kappa shape index (κ2) is 7.85. The highest BCUT2D eigenvalue weighted by Gasteiger charge is 2.32. The number of benzene rings is 1. The van der Waals surface area contributed by atoms with Crippen LogP contribution < -0.4 is 16.2 Å². The number of anilines is 2. The topological polar surface area (TPSA) is 98.0 Å². The molecule has 0 aliphatic rings. The Bertz CT molecular complexity index is 1180. The van der Waals surface area contributed by atoms with E-state index < -0.39 is 29.1 Å². The number of aryl methyl sites for hydroxylation is 2. The molecule has 0 aliphatic heterocycles. The van der Waals surface area contributed by atoms with E-state index in [0.717, 1.165) is 12.1 Å². The smallest absolute Gasteiger partial charge is 0.322 e. The van der Waals surface area contributed by atoms with Crippen molar-refractivity contribution in [1.82, 2.24) is 14.3 Å². The molecule has 0 spiro atoms. The number of nitrogens with zero attached hydrogens (tertiary/aromatic N) is 3. The lowest BCUT2D eigenvalue weighted by Gasteiger charge is -2.13. The fraction of sp³-hybridized carbons (Fsp3) is 0.158. The lowest BCUT2D eigenvalue weighted by atomic mass is 10.1. The lowest BCUT2D eigenvalue weighted by Crippen LogP contribution is -2.21. The van der Waals surface area contributed by atoms with Gasteiger partial charge in [0, 0.05) is 55.4 Å². The third-order valence-corrected chi connectivity index (χ3v) is 4.10. The summed E-state index contributed by atoms with van der Waals surface area (Å²) in [6.07, 6.45) is -1.84. The number of alkyl halides is 3. The molecule has 2 N–H and O–H groups in total. The predicted molar refractivity (Wildman–Crippen MR) is 102 cm³/mol. The van der Waals surface area contributed by atoms with Crippen LogP contribution in [0.1, 0.15) is 26.3 Å². The van der Waals surface area contributed by atoms with E-state index in [4.69, 9.17) is 0 Å². The van der Waals surface area contributed by atoms with Crippen LogP contribution in [0.3, 0.4) is 0 Å². The summed E-state index contributed by atoms with van der Waals surface area (Å²) in [5, 5.41) is 8.62. The number of halogens is 3. The maximum atomic E-state index is 13.3. The van der Waals surface area contributed by atoms with E-state index in [1.807, 2.05) is 0 Å². The summed E-state index contributed by atoms with van der Waals surface area (Å²) < 4.78 is 42.5. The first-order valence-corrected chi connectivity index (χ1v) is 8.54. The van der Waals surface area contributed by atoms with Gasteiger partial charge in [-0.3, -0.25) is 19.1 Å². The van der Waals surface area contributed by atoms with Crippen molar-refractivity contribution in [2.75, 3.05) is 10.6 Å². The number of aromatic nitrogens is 3. The second-order valence-electron chi connectivity index (χ2n) is 6.44. The van der Waals surface area contributed by atoms with Crippen molar-refractivity contribution in [3.05, 3.63) is 75.8 Å². The Hall–Kier alpha value is -3.89. The molecule has 2 amide bonds. The van der Waals surface area contributed by atoms with Crippen molar-refractivity contribution in [1.29, 1.82) is 0 Å². The molecule has 0 radical (unpaired) electrons. The summed E-state index contributed by atoms with van der Waals surface area (Å²) >= 11 is 0. The van der Waals surface area contributed by atoms with Gasteiger partial charge in [-0.25, -0.2) is 0 Å². The Morgan fingerprint density at radius 2 is 1.63 bits per heavy atom. The summed E-state index contributed by atoms with van der Waals surface area (Å²) in [6.45, 7) is 0. The Morgan fingerprint density at radius 3 is 2.23 bits per heavy atom. The monoisotopic (exact) mass is 419 g/mol. The minimum atomic E-state index is -4.75. The van der Waals surface area contributed by atoms with Crippen LogP contribution in [0, 0.1) is 0 Å². The van der Waals surface area contributed by atoms with Crippen LogP contribution in [0.5, 0.6) is 0 Å². The van der Waals surface area contributed by atoms with E-state index in [0.29, 0.717) is 12.1 Å². The van der Waals surface area contributed by atoms with Gasteiger partial charge in [-0.05, 0) is 24.3 Å². The highest BCUT2D eigenvalue weighted by atomic mass is 19.4. The van der Waals surface area contributed by atoms with E-state index in [1.54, 1.807) is 13.2 Å². The molecule has 3 rings (SSSR count). The van der Waals surface area contributed by atoms with Crippen molar-refractivity contribution < 1.29 is 22.8 Å².